The fourth-order valence-electron chi connectivity index (χ4n) is 3.75. The van der Waals surface area contributed by atoms with Gasteiger partial charge in [-0.1, -0.05) is 0 Å². The maximum absolute atomic E-state index is 5.98. The summed E-state index contributed by atoms with van der Waals surface area (Å²) in [6, 6.07) is 4.11. The van der Waals surface area contributed by atoms with Crippen molar-refractivity contribution in [1.29, 1.82) is 0 Å². The first kappa shape index (κ1) is 16.9. The molecule has 23 heavy (non-hydrogen) atoms. The van der Waals surface area contributed by atoms with Gasteiger partial charge in [0.1, 0.15) is 0 Å². The van der Waals surface area contributed by atoms with Crippen molar-refractivity contribution in [2.75, 3.05) is 33.6 Å². The number of nitrogens with one attached hydrogen (secondary N) is 1. The number of methoxy groups -OCH3 is 2. The molecule has 1 saturated carbocycles. The molecule has 3 rings (SSSR count). The number of hydrogen-bond acceptors (Lipinski definition) is 6. The van der Waals surface area contributed by atoms with Crippen LogP contribution in [0.2, 0.25) is 0 Å². The molecular weight excluding hydrogens is 312 g/mol. The normalized spacial score (nSPS) is 29.0. The summed E-state index contributed by atoms with van der Waals surface area (Å²) in [4.78, 5) is 1.20. The molecule has 0 amide bonds. The van der Waals surface area contributed by atoms with Crippen LogP contribution in [0.4, 0.5) is 0 Å². The van der Waals surface area contributed by atoms with E-state index < -0.39 is 0 Å². The predicted octanol–water partition coefficient (Wildman–Crippen LogP) is 2.17. The van der Waals surface area contributed by atoms with Crippen molar-refractivity contribution >= 4 is 11.8 Å². The lowest BCUT2D eigenvalue weighted by atomic mass is 9.98. The molecule has 2 aliphatic rings. The number of thioether (sulfide) groups is 1. The van der Waals surface area contributed by atoms with Gasteiger partial charge in [0, 0.05) is 23.5 Å². The molecule has 1 aromatic carbocycles. The molecule has 1 aromatic rings. The van der Waals surface area contributed by atoms with E-state index in [1.165, 1.54) is 10.5 Å². The molecule has 1 heterocycles. The van der Waals surface area contributed by atoms with Crippen molar-refractivity contribution in [2.24, 2.45) is 5.73 Å². The van der Waals surface area contributed by atoms with Crippen LogP contribution >= 0.6 is 11.8 Å². The molecule has 0 aromatic heterocycles. The minimum Gasteiger partial charge on any atom is -0.493 e. The zero-order valence-electron chi connectivity index (χ0n) is 14.1. The molecule has 3 N–H and O–H groups in total. The standard InChI is InChI=1S/C17H26N2O3S/c1-20-13-6-12(15(23-3)7-14(13)21-2)8-19-16-4-5-17(9-16,10-18)22-11-16/h6-7,19H,4-5,8-11,18H2,1-3H3. The highest BCUT2D eigenvalue weighted by molar-refractivity contribution is 7.98. The largest absolute Gasteiger partial charge is 0.493 e. The second kappa shape index (κ2) is 6.51. The first-order chi connectivity index (χ1) is 11.1. The Morgan fingerprint density at radius 2 is 2.00 bits per heavy atom. The molecule has 2 fully saturated rings. The fraction of sp³-hybridized carbons (Fsp3) is 0.647. The van der Waals surface area contributed by atoms with Crippen molar-refractivity contribution in [1.82, 2.24) is 5.32 Å². The van der Waals surface area contributed by atoms with E-state index >= 15 is 0 Å². The Morgan fingerprint density at radius 1 is 1.26 bits per heavy atom. The highest BCUT2D eigenvalue weighted by Crippen LogP contribution is 2.47. The minimum absolute atomic E-state index is 0.0716. The van der Waals surface area contributed by atoms with Gasteiger partial charge in [-0.15, -0.1) is 11.8 Å². The van der Waals surface area contributed by atoms with Crippen LogP contribution in [-0.2, 0) is 11.3 Å². The van der Waals surface area contributed by atoms with E-state index in [0.717, 1.165) is 43.9 Å². The van der Waals surface area contributed by atoms with E-state index in [9.17, 15) is 0 Å². The second-order valence-electron chi connectivity index (χ2n) is 6.51. The van der Waals surface area contributed by atoms with Gasteiger partial charge in [0.15, 0.2) is 11.5 Å². The van der Waals surface area contributed by atoms with E-state index in [4.69, 9.17) is 19.9 Å². The third kappa shape index (κ3) is 3.05. The summed E-state index contributed by atoms with van der Waals surface area (Å²) in [5.41, 5.74) is 7.11. The van der Waals surface area contributed by atoms with Gasteiger partial charge in [-0.2, -0.15) is 0 Å². The summed E-state index contributed by atoms with van der Waals surface area (Å²) in [6.45, 7) is 2.16. The van der Waals surface area contributed by atoms with Gasteiger partial charge in [0.25, 0.3) is 0 Å². The maximum atomic E-state index is 5.98. The molecule has 2 unspecified atom stereocenters. The van der Waals surface area contributed by atoms with Crippen LogP contribution in [-0.4, -0.2) is 44.8 Å². The van der Waals surface area contributed by atoms with Crippen molar-refractivity contribution in [2.45, 2.75) is 41.8 Å². The lowest BCUT2D eigenvalue weighted by molar-refractivity contribution is -0.0157. The van der Waals surface area contributed by atoms with Gasteiger partial charge in [-0.25, -0.2) is 0 Å². The number of fused-ring (bicyclic) bond motifs is 2. The van der Waals surface area contributed by atoms with Crippen LogP contribution in [0, 0.1) is 0 Å². The molecule has 2 bridgehead atoms. The summed E-state index contributed by atoms with van der Waals surface area (Å²) in [6.07, 6.45) is 5.28. The lowest BCUT2D eigenvalue weighted by Gasteiger charge is -2.29. The SMILES string of the molecule is COc1cc(CNC23CCC(CN)(C2)OC3)c(SC)cc1OC. The van der Waals surface area contributed by atoms with E-state index in [1.54, 1.807) is 26.0 Å². The van der Waals surface area contributed by atoms with Gasteiger partial charge >= 0.3 is 0 Å². The van der Waals surface area contributed by atoms with E-state index in [0.29, 0.717) is 6.54 Å². The summed E-state index contributed by atoms with van der Waals surface area (Å²) in [5.74, 6) is 1.54. The van der Waals surface area contributed by atoms with Crippen LogP contribution in [0.25, 0.3) is 0 Å². The molecule has 6 heteroatoms. The maximum Gasteiger partial charge on any atom is 0.161 e. The lowest BCUT2D eigenvalue weighted by Crippen LogP contribution is -2.44. The number of ether oxygens (including phenoxy) is 3. The van der Waals surface area contributed by atoms with E-state index in [1.807, 2.05) is 6.07 Å². The van der Waals surface area contributed by atoms with Crippen LogP contribution in [0.5, 0.6) is 11.5 Å². The number of nitrogens with two attached hydrogens (primary N) is 1. The van der Waals surface area contributed by atoms with Crippen molar-refractivity contribution in [3.8, 4) is 11.5 Å². The van der Waals surface area contributed by atoms with E-state index in [2.05, 4.69) is 17.6 Å². The first-order valence-corrected chi connectivity index (χ1v) is 9.20. The van der Waals surface area contributed by atoms with E-state index in [-0.39, 0.29) is 11.1 Å². The molecule has 2 atom stereocenters. The first-order valence-electron chi connectivity index (χ1n) is 7.97. The van der Waals surface area contributed by atoms with Gasteiger partial charge in [0.05, 0.1) is 26.4 Å². The minimum atomic E-state index is -0.0903. The van der Waals surface area contributed by atoms with Gasteiger partial charge in [-0.3, -0.25) is 0 Å². The second-order valence-corrected chi connectivity index (χ2v) is 7.35. The monoisotopic (exact) mass is 338 g/mol. The van der Waals surface area contributed by atoms with Crippen LogP contribution < -0.4 is 20.5 Å². The summed E-state index contributed by atoms with van der Waals surface area (Å²) in [5, 5.41) is 3.74. The number of rotatable bonds is 7. The van der Waals surface area contributed by atoms with Crippen molar-refractivity contribution in [3.05, 3.63) is 17.7 Å². The third-order valence-electron chi connectivity index (χ3n) is 5.19. The number of hydrogen-bond donors (Lipinski definition) is 2. The fourth-order valence-corrected chi connectivity index (χ4v) is 4.36. The van der Waals surface area contributed by atoms with Crippen molar-refractivity contribution in [3.63, 3.8) is 0 Å². The summed E-state index contributed by atoms with van der Waals surface area (Å²) >= 11 is 1.72. The van der Waals surface area contributed by atoms with Crippen molar-refractivity contribution < 1.29 is 14.2 Å². The third-order valence-corrected chi connectivity index (χ3v) is 6.01. The highest BCUT2D eigenvalue weighted by atomic mass is 32.2. The highest BCUT2D eigenvalue weighted by Gasteiger charge is 2.54. The van der Waals surface area contributed by atoms with Crippen LogP contribution in [0.3, 0.4) is 0 Å². The molecule has 1 aliphatic carbocycles. The molecule has 1 saturated heterocycles. The average molecular weight is 338 g/mol. The molecule has 128 valence electrons. The topological polar surface area (TPSA) is 65.7 Å². The molecule has 5 nitrogen and oxygen atoms in total. The quantitative estimate of drug-likeness (QED) is 0.743. The Balaban J connectivity index is 1.76. The number of benzene rings is 1. The smallest absolute Gasteiger partial charge is 0.161 e. The molecule has 1 aliphatic heterocycles. The van der Waals surface area contributed by atoms with Gasteiger partial charge in [-0.05, 0) is 43.2 Å². The summed E-state index contributed by atoms with van der Waals surface area (Å²) in [7, 11) is 3.34. The predicted molar refractivity (Wildman–Crippen MR) is 92.5 cm³/mol. The Labute approximate surface area is 142 Å². The molecule has 0 spiro atoms. The summed E-state index contributed by atoms with van der Waals surface area (Å²) < 4.78 is 16.8. The molecule has 0 radical (unpaired) electrons. The Hall–Kier alpha value is -0.950. The Bertz CT molecular complexity index is 571. The van der Waals surface area contributed by atoms with Gasteiger partial charge < -0.3 is 25.3 Å². The Morgan fingerprint density at radius 3 is 2.52 bits per heavy atom. The van der Waals surface area contributed by atoms with Crippen LogP contribution in [0.15, 0.2) is 17.0 Å². The van der Waals surface area contributed by atoms with Crippen LogP contribution in [0.1, 0.15) is 24.8 Å². The van der Waals surface area contributed by atoms with Gasteiger partial charge in [0.2, 0.25) is 0 Å². The average Bonchev–Trinajstić information content (AvgIpc) is 3.16. The molecular formula is C17H26N2O3S. The zero-order valence-corrected chi connectivity index (χ0v) is 14.9. The zero-order chi connectivity index (χ0) is 16.5. The Kier molecular flexibility index (Phi) is 4.78.